The second-order valence-corrected chi connectivity index (χ2v) is 10.8. The molecular formula is C48H30O. The molecule has 0 saturated carbocycles. The monoisotopic (exact) mass is 648 g/mol. The Hall–Kier alpha value is -6.44. The first kappa shape index (κ1) is 12.2. The highest BCUT2D eigenvalue weighted by Crippen LogP contribution is 2.48. The number of benzene rings is 9. The summed E-state index contributed by atoms with van der Waals surface area (Å²) in [7, 11) is 0. The van der Waals surface area contributed by atoms with E-state index >= 15 is 0 Å². The van der Waals surface area contributed by atoms with Gasteiger partial charge in [-0.15, -0.1) is 0 Å². The summed E-state index contributed by atoms with van der Waals surface area (Å²) in [6, 6.07) is -15.5. The Kier molecular flexibility index (Phi) is 2.76. The molecule has 0 atom stereocenters. The van der Waals surface area contributed by atoms with Crippen molar-refractivity contribution in [2.75, 3.05) is 0 Å². The third-order valence-corrected chi connectivity index (χ3v) is 8.21. The van der Waals surface area contributed by atoms with Gasteiger partial charge in [-0.1, -0.05) is 169 Å². The van der Waals surface area contributed by atoms with Crippen molar-refractivity contribution in [3.63, 3.8) is 0 Å². The molecule has 0 fully saturated rings. The highest BCUT2D eigenvalue weighted by atomic mass is 16.3. The van der Waals surface area contributed by atoms with Crippen molar-refractivity contribution >= 4 is 54.3 Å². The van der Waals surface area contributed by atoms with Gasteiger partial charge in [-0.3, -0.25) is 0 Å². The maximum absolute atomic E-state index is 9.61. The van der Waals surface area contributed by atoms with Crippen LogP contribution in [0.5, 0.6) is 0 Å². The number of rotatable bonds is 4. The standard InChI is InChI=1S/C48H30O/c1-2-12-31(13-3-1)33-24-27-34(28-25-33)37-20-10-22-43-47-42(21-11-23-44(47)49-48(37)43)46-40-18-8-6-16-38(40)45(39-17-7-9-19-41(39)46)36-29-26-32-14-4-5-15-35(32)30-36/h1-30H/i1D,2D,3D,4D,5D,6D,7D,8D,9D,10D,11D,12D,13D,14D,15D,16D,17D,18D,19D,20D,21D,22D,23D,26D,29D,30D. The largest absolute Gasteiger partial charge is 0.455 e. The van der Waals surface area contributed by atoms with Gasteiger partial charge in [-0.2, -0.15) is 0 Å². The number of hydrogen-bond acceptors (Lipinski definition) is 1. The number of para-hydroxylation sites is 1. The van der Waals surface area contributed by atoms with E-state index in [-0.39, 0.29) is 27.8 Å². The predicted molar refractivity (Wildman–Crippen MR) is 208 cm³/mol. The molecule has 0 aliphatic heterocycles. The van der Waals surface area contributed by atoms with E-state index in [1.54, 1.807) is 0 Å². The molecule has 1 heterocycles. The summed E-state index contributed by atoms with van der Waals surface area (Å²) in [5.74, 6) is 0. The van der Waals surface area contributed by atoms with Gasteiger partial charge < -0.3 is 4.42 Å². The molecule has 1 nitrogen and oxygen atoms in total. The number of hydrogen-bond donors (Lipinski definition) is 0. The van der Waals surface area contributed by atoms with E-state index in [1.807, 2.05) is 0 Å². The second-order valence-electron chi connectivity index (χ2n) is 10.8. The third kappa shape index (κ3) is 4.40. The van der Waals surface area contributed by atoms with Crippen LogP contribution in [0.3, 0.4) is 0 Å². The smallest absolute Gasteiger partial charge is 0.143 e. The number of fused-ring (bicyclic) bond motifs is 6. The minimum absolute atomic E-state index is 0.0915. The normalized spacial score (nSPS) is 19.1. The SMILES string of the molecule is [2H]c1c([2H])c([2H])c(-c2ccc(-c3c([2H])c([2H])c([2H])c4c3oc3c([2H])c([2H])c([2H])c(-c5c6c([2H])c([2H])c([2H])c([2H])c6c(-c6c([2H])c([2H])c7c([2H])c([2H])c([2H])c([2H])c7c6[2H])c6c([2H])c([2H])c([2H])c([2H])c56)c34)cc2)c([2H])c1[2H]. The minimum atomic E-state index is -0.947. The summed E-state index contributed by atoms with van der Waals surface area (Å²) in [5.41, 5.74) is -3.71. The van der Waals surface area contributed by atoms with Gasteiger partial charge in [0.2, 0.25) is 0 Å². The van der Waals surface area contributed by atoms with Gasteiger partial charge in [-0.05, 0) is 83.3 Å². The molecule has 0 bridgehead atoms. The molecule has 0 amide bonds. The molecule has 0 saturated heterocycles. The van der Waals surface area contributed by atoms with Crippen molar-refractivity contribution in [2.24, 2.45) is 0 Å². The maximum atomic E-state index is 9.61. The first-order valence-electron chi connectivity index (χ1n) is 27.7. The Bertz CT molecular complexity index is 4240. The molecule has 0 aliphatic rings. The van der Waals surface area contributed by atoms with Gasteiger partial charge in [0.15, 0.2) is 0 Å². The van der Waals surface area contributed by atoms with E-state index in [0.717, 1.165) is 0 Å². The van der Waals surface area contributed by atoms with E-state index in [1.165, 1.54) is 24.3 Å². The van der Waals surface area contributed by atoms with Crippen LogP contribution in [0.4, 0.5) is 0 Å². The van der Waals surface area contributed by atoms with E-state index < -0.39 is 228 Å². The predicted octanol–water partition coefficient (Wildman–Crippen LogP) is 13.7. The molecule has 10 aromatic rings. The molecular weight excluding hydrogens is 593 g/mol. The third-order valence-electron chi connectivity index (χ3n) is 8.21. The van der Waals surface area contributed by atoms with Crippen LogP contribution >= 0.6 is 0 Å². The Labute approximate surface area is 320 Å². The highest BCUT2D eigenvalue weighted by molar-refractivity contribution is 6.26. The van der Waals surface area contributed by atoms with Gasteiger partial charge in [0, 0.05) is 16.3 Å². The Morgan fingerprint density at radius 1 is 0.367 bits per heavy atom. The lowest BCUT2D eigenvalue weighted by Gasteiger charge is -2.18. The fraction of sp³-hybridized carbons (Fsp3) is 0. The molecule has 0 radical (unpaired) electrons. The minimum Gasteiger partial charge on any atom is -0.455 e. The summed E-state index contributed by atoms with van der Waals surface area (Å²) in [5, 5.41) is -4.66. The molecule has 0 aliphatic carbocycles. The summed E-state index contributed by atoms with van der Waals surface area (Å²) < 4.78 is 239. The summed E-state index contributed by atoms with van der Waals surface area (Å²) in [4.78, 5) is 0. The van der Waals surface area contributed by atoms with Crippen LogP contribution in [0.15, 0.2) is 186 Å². The first-order valence-corrected chi connectivity index (χ1v) is 14.7. The summed E-state index contributed by atoms with van der Waals surface area (Å²) in [6.07, 6.45) is 0. The molecule has 9 aromatic carbocycles. The lowest BCUT2D eigenvalue weighted by atomic mass is 9.84. The van der Waals surface area contributed by atoms with Crippen LogP contribution in [0.25, 0.3) is 98.8 Å². The lowest BCUT2D eigenvalue weighted by Crippen LogP contribution is -1.91. The Morgan fingerprint density at radius 3 is 1.67 bits per heavy atom. The molecule has 228 valence electrons. The van der Waals surface area contributed by atoms with Crippen molar-refractivity contribution in [1.29, 1.82) is 0 Å². The average Bonchev–Trinajstić information content (AvgIpc) is 3.78. The molecule has 0 N–H and O–H groups in total. The van der Waals surface area contributed by atoms with Gasteiger partial charge >= 0.3 is 0 Å². The zero-order valence-corrected chi connectivity index (χ0v) is 24.7. The van der Waals surface area contributed by atoms with Crippen molar-refractivity contribution in [2.45, 2.75) is 0 Å². The van der Waals surface area contributed by atoms with Crippen molar-refractivity contribution < 1.29 is 40.1 Å². The number of furan rings is 1. The average molecular weight is 649 g/mol. The fourth-order valence-electron chi connectivity index (χ4n) is 6.10. The van der Waals surface area contributed by atoms with Gasteiger partial charge in [0.25, 0.3) is 0 Å². The van der Waals surface area contributed by atoms with Crippen LogP contribution in [0.1, 0.15) is 35.6 Å². The Morgan fingerprint density at radius 2 is 0.939 bits per heavy atom. The molecule has 10 rings (SSSR count). The second kappa shape index (κ2) is 11.1. The van der Waals surface area contributed by atoms with E-state index in [2.05, 4.69) is 0 Å². The molecule has 0 unspecified atom stereocenters. The zero-order chi connectivity index (χ0) is 54.9. The van der Waals surface area contributed by atoms with Gasteiger partial charge in [-0.25, -0.2) is 0 Å². The van der Waals surface area contributed by atoms with Crippen LogP contribution in [0.2, 0.25) is 0 Å². The lowest BCUT2D eigenvalue weighted by molar-refractivity contribution is 0.670. The van der Waals surface area contributed by atoms with Crippen molar-refractivity contribution in [1.82, 2.24) is 0 Å². The maximum Gasteiger partial charge on any atom is 0.143 e. The van der Waals surface area contributed by atoms with Crippen LogP contribution in [0, 0.1) is 0 Å². The van der Waals surface area contributed by atoms with E-state index in [4.69, 9.17) is 29.1 Å². The molecule has 1 aromatic heterocycles. The molecule has 1 heteroatoms. The quantitative estimate of drug-likeness (QED) is 0.173. The van der Waals surface area contributed by atoms with Crippen LogP contribution < -0.4 is 0 Å². The first-order chi connectivity index (χ1) is 35.1. The summed E-state index contributed by atoms with van der Waals surface area (Å²) >= 11 is 0. The topological polar surface area (TPSA) is 13.1 Å². The van der Waals surface area contributed by atoms with Crippen molar-refractivity contribution in [3.8, 4) is 44.5 Å². The van der Waals surface area contributed by atoms with E-state index in [9.17, 15) is 11.0 Å². The fourth-order valence-corrected chi connectivity index (χ4v) is 6.10. The zero-order valence-electron chi connectivity index (χ0n) is 50.7. The highest BCUT2D eigenvalue weighted by Gasteiger charge is 2.21. The van der Waals surface area contributed by atoms with Gasteiger partial charge in [0.1, 0.15) is 11.2 Å². The summed E-state index contributed by atoms with van der Waals surface area (Å²) in [6.45, 7) is 0. The Balaban J connectivity index is 1.44. The molecule has 0 spiro atoms. The van der Waals surface area contributed by atoms with E-state index in [0.29, 0.717) is 0 Å². The van der Waals surface area contributed by atoms with Crippen molar-refractivity contribution in [3.05, 3.63) is 181 Å². The van der Waals surface area contributed by atoms with Crippen LogP contribution in [-0.4, -0.2) is 0 Å². The van der Waals surface area contributed by atoms with Gasteiger partial charge in [0.05, 0.1) is 35.6 Å². The molecule has 49 heavy (non-hydrogen) atoms. The van der Waals surface area contributed by atoms with Crippen LogP contribution in [-0.2, 0) is 0 Å².